The highest BCUT2D eigenvalue weighted by molar-refractivity contribution is 7.90. The Labute approximate surface area is 167 Å². The van der Waals surface area contributed by atoms with Crippen LogP contribution in [-0.4, -0.2) is 52.7 Å². The highest BCUT2D eigenvalue weighted by Gasteiger charge is 2.42. The minimum Gasteiger partial charge on any atom is -0.490 e. The fourth-order valence-electron chi connectivity index (χ4n) is 3.23. The van der Waals surface area contributed by atoms with Crippen LogP contribution in [0.25, 0.3) is 0 Å². The van der Waals surface area contributed by atoms with Gasteiger partial charge in [-0.15, -0.1) is 0 Å². The van der Waals surface area contributed by atoms with Gasteiger partial charge in [-0.2, -0.15) is 0 Å². The molecule has 156 valence electrons. The highest BCUT2D eigenvalue weighted by atomic mass is 32.2. The summed E-state index contributed by atoms with van der Waals surface area (Å²) < 4.78 is 40.7. The lowest BCUT2D eigenvalue weighted by atomic mass is 9.89. The zero-order chi connectivity index (χ0) is 20.5. The molecular weight excluding hydrogens is 380 g/mol. The van der Waals surface area contributed by atoms with Gasteiger partial charge in [-0.25, -0.2) is 13.6 Å². The van der Waals surface area contributed by atoms with Gasteiger partial charge in [0.15, 0.2) is 11.5 Å². The first-order chi connectivity index (χ1) is 13.4. The van der Waals surface area contributed by atoms with E-state index in [1.165, 1.54) is 7.11 Å². The fraction of sp³-hybridized carbons (Fsp3) is 0.500. The number of hydrogen-bond acceptors (Lipinski definition) is 6. The van der Waals surface area contributed by atoms with Crippen LogP contribution in [0.4, 0.5) is 0 Å². The number of ether oxygens (including phenoxy) is 3. The number of sulfonamides is 1. The molecule has 0 amide bonds. The molecule has 0 aromatic heterocycles. The van der Waals surface area contributed by atoms with Crippen LogP contribution in [0.5, 0.6) is 11.5 Å². The molecule has 0 aliphatic heterocycles. The number of para-hydroxylation sites is 2. The van der Waals surface area contributed by atoms with Crippen LogP contribution in [0, 0.1) is 0 Å². The van der Waals surface area contributed by atoms with E-state index in [-0.39, 0.29) is 0 Å². The quantitative estimate of drug-likeness (QED) is 0.511. The van der Waals surface area contributed by atoms with E-state index in [0.29, 0.717) is 32.7 Å². The summed E-state index contributed by atoms with van der Waals surface area (Å²) in [5, 5.41) is 7.80. The predicted octanol–water partition coefficient (Wildman–Crippen LogP) is 2.00. The molecule has 0 saturated heterocycles. The van der Waals surface area contributed by atoms with Crippen molar-refractivity contribution in [2.45, 2.75) is 30.6 Å². The third-order valence-corrected chi connectivity index (χ3v) is 5.86. The average molecular weight is 411 g/mol. The summed E-state index contributed by atoms with van der Waals surface area (Å²) in [5.41, 5.74) is -0.934. The Hall–Kier alpha value is -1.87. The maximum absolute atomic E-state index is 11.9. The molecule has 28 heavy (non-hydrogen) atoms. The van der Waals surface area contributed by atoms with Gasteiger partial charge in [0.1, 0.15) is 17.5 Å². The lowest BCUT2D eigenvalue weighted by Gasteiger charge is -2.36. The second-order valence-corrected chi connectivity index (χ2v) is 8.18. The first-order valence-corrected chi connectivity index (χ1v) is 11.0. The summed E-state index contributed by atoms with van der Waals surface area (Å²) in [7, 11) is -2.24. The Bertz CT molecular complexity index is 779. The number of rotatable bonds is 12. The molecule has 1 aliphatic rings. The molecule has 0 spiro atoms. The Kier molecular flexibility index (Phi) is 8.50. The van der Waals surface area contributed by atoms with Crippen LogP contribution in [0.2, 0.25) is 0 Å². The molecule has 2 rings (SSSR count). The van der Waals surface area contributed by atoms with Gasteiger partial charge >= 0.3 is 0 Å². The second-order valence-electron chi connectivity index (χ2n) is 6.49. The Morgan fingerprint density at radius 2 is 1.86 bits per heavy atom. The topological polar surface area (TPSA) is 99.9 Å². The smallest absolute Gasteiger partial charge is 0.218 e. The van der Waals surface area contributed by atoms with Crippen molar-refractivity contribution in [2.75, 3.05) is 33.4 Å². The third kappa shape index (κ3) is 6.07. The molecule has 0 radical (unpaired) electrons. The number of allylic oxidation sites excluding steroid dienone is 2. The molecule has 0 bridgehead atoms. The first-order valence-electron chi connectivity index (χ1n) is 9.41. The van der Waals surface area contributed by atoms with Gasteiger partial charge in [-0.1, -0.05) is 36.4 Å². The fourth-order valence-corrected chi connectivity index (χ4v) is 4.39. The van der Waals surface area contributed by atoms with E-state index in [1.54, 1.807) is 24.3 Å². The van der Waals surface area contributed by atoms with Crippen molar-refractivity contribution in [1.82, 2.24) is 5.32 Å². The number of methoxy groups -OCH3 is 1. The summed E-state index contributed by atoms with van der Waals surface area (Å²) in [6.07, 6.45) is 8.09. The molecule has 1 aromatic carbocycles. The van der Waals surface area contributed by atoms with E-state index in [2.05, 4.69) is 5.32 Å². The van der Waals surface area contributed by atoms with E-state index in [1.807, 2.05) is 31.2 Å². The Morgan fingerprint density at radius 3 is 2.50 bits per heavy atom. The SMILES string of the molecule is CCOc1ccccc1OCCNCCCC1(OC)C=CC=CC1S(N)(=O)=O. The van der Waals surface area contributed by atoms with E-state index >= 15 is 0 Å². The van der Waals surface area contributed by atoms with Crippen LogP contribution in [0.3, 0.4) is 0 Å². The number of nitrogens with one attached hydrogen (secondary N) is 1. The number of nitrogens with two attached hydrogens (primary N) is 1. The van der Waals surface area contributed by atoms with E-state index in [9.17, 15) is 8.42 Å². The van der Waals surface area contributed by atoms with Crippen molar-refractivity contribution < 1.29 is 22.6 Å². The molecule has 2 unspecified atom stereocenters. The molecule has 8 heteroatoms. The average Bonchev–Trinajstić information content (AvgIpc) is 2.68. The van der Waals surface area contributed by atoms with Gasteiger partial charge in [-0.05, 0) is 38.4 Å². The molecular formula is C20H30N2O5S. The van der Waals surface area contributed by atoms with E-state index < -0.39 is 20.9 Å². The van der Waals surface area contributed by atoms with Crippen LogP contribution < -0.4 is 19.9 Å². The number of benzene rings is 1. The zero-order valence-electron chi connectivity index (χ0n) is 16.5. The molecule has 0 heterocycles. The van der Waals surface area contributed by atoms with Crippen molar-refractivity contribution in [1.29, 1.82) is 0 Å². The molecule has 2 atom stereocenters. The van der Waals surface area contributed by atoms with Gasteiger partial charge in [0, 0.05) is 13.7 Å². The zero-order valence-corrected chi connectivity index (χ0v) is 17.3. The largest absolute Gasteiger partial charge is 0.490 e. The lowest BCUT2D eigenvalue weighted by Crippen LogP contribution is -2.49. The van der Waals surface area contributed by atoms with Crippen molar-refractivity contribution in [3.63, 3.8) is 0 Å². The van der Waals surface area contributed by atoms with E-state index in [0.717, 1.165) is 17.9 Å². The number of hydrogen-bond donors (Lipinski definition) is 2. The standard InChI is InChI=1S/C20H30N2O5S/c1-3-26-17-9-4-5-10-18(17)27-16-15-22-14-8-13-20(25-2)12-7-6-11-19(20)28(21,23)24/h4-7,9-12,19,22H,3,8,13-16H2,1-2H3,(H2,21,23,24). The maximum atomic E-state index is 11.9. The van der Waals surface area contributed by atoms with E-state index in [4.69, 9.17) is 19.3 Å². The van der Waals surface area contributed by atoms with Crippen LogP contribution in [-0.2, 0) is 14.8 Å². The molecule has 7 nitrogen and oxygen atoms in total. The molecule has 3 N–H and O–H groups in total. The van der Waals surface area contributed by atoms with Crippen molar-refractivity contribution >= 4 is 10.0 Å². The summed E-state index contributed by atoms with van der Waals surface area (Å²) in [6.45, 7) is 4.39. The second kappa shape index (κ2) is 10.6. The Morgan fingerprint density at radius 1 is 1.14 bits per heavy atom. The van der Waals surface area contributed by atoms with Crippen LogP contribution in [0.1, 0.15) is 19.8 Å². The van der Waals surface area contributed by atoms with Gasteiger partial charge in [0.25, 0.3) is 0 Å². The Balaban J connectivity index is 1.75. The lowest BCUT2D eigenvalue weighted by molar-refractivity contribution is 0.0275. The predicted molar refractivity (Wildman–Crippen MR) is 110 cm³/mol. The summed E-state index contributed by atoms with van der Waals surface area (Å²) in [4.78, 5) is 0. The van der Waals surface area contributed by atoms with Gasteiger partial charge in [0.2, 0.25) is 10.0 Å². The van der Waals surface area contributed by atoms with Gasteiger partial charge in [-0.3, -0.25) is 0 Å². The summed E-state index contributed by atoms with van der Waals surface area (Å²) in [5.74, 6) is 1.46. The minimum atomic E-state index is -3.75. The summed E-state index contributed by atoms with van der Waals surface area (Å²) >= 11 is 0. The first kappa shape index (κ1) is 22.4. The van der Waals surface area contributed by atoms with Gasteiger partial charge in [0.05, 0.1) is 6.61 Å². The maximum Gasteiger partial charge on any atom is 0.218 e. The van der Waals surface area contributed by atoms with Gasteiger partial charge < -0.3 is 19.5 Å². The molecule has 1 aliphatic carbocycles. The molecule has 0 saturated carbocycles. The molecule has 1 aromatic rings. The van der Waals surface area contributed by atoms with Crippen molar-refractivity contribution in [2.24, 2.45) is 5.14 Å². The van der Waals surface area contributed by atoms with Crippen molar-refractivity contribution in [3.8, 4) is 11.5 Å². The number of primary sulfonamides is 1. The monoisotopic (exact) mass is 410 g/mol. The summed E-state index contributed by atoms with van der Waals surface area (Å²) in [6, 6.07) is 7.57. The van der Waals surface area contributed by atoms with Crippen LogP contribution in [0.15, 0.2) is 48.6 Å². The van der Waals surface area contributed by atoms with Crippen molar-refractivity contribution in [3.05, 3.63) is 48.6 Å². The third-order valence-electron chi connectivity index (χ3n) is 4.60. The highest BCUT2D eigenvalue weighted by Crippen LogP contribution is 2.31. The van der Waals surface area contributed by atoms with Crippen LogP contribution >= 0.6 is 0 Å². The normalized spacial score (nSPS) is 21.6. The minimum absolute atomic E-state index is 0.502. The molecule has 0 fully saturated rings.